The van der Waals surface area contributed by atoms with E-state index in [1.165, 1.54) is 12.3 Å². The summed E-state index contributed by atoms with van der Waals surface area (Å²) in [5.41, 5.74) is -1.98. The summed E-state index contributed by atoms with van der Waals surface area (Å²) in [7, 11) is -4.55. The first-order chi connectivity index (χ1) is 14.0. The highest BCUT2D eigenvalue weighted by atomic mass is 35.5. The molecule has 6 nitrogen and oxygen atoms in total. The Kier molecular flexibility index (Phi) is 6.02. The number of nitrogens with zero attached hydrogens (tertiary/aromatic N) is 2. The van der Waals surface area contributed by atoms with Crippen molar-refractivity contribution < 1.29 is 26.4 Å². The zero-order valence-electron chi connectivity index (χ0n) is 14.6. The molecule has 3 aromatic rings. The second-order valence-electron chi connectivity index (χ2n) is 5.84. The third-order valence-electron chi connectivity index (χ3n) is 3.76. The Balaban J connectivity index is 2.04. The van der Waals surface area contributed by atoms with Crippen LogP contribution in [-0.4, -0.2) is 24.2 Å². The van der Waals surface area contributed by atoms with E-state index < -0.39 is 37.5 Å². The minimum atomic E-state index is -4.86. The van der Waals surface area contributed by atoms with E-state index in [4.69, 9.17) is 23.2 Å². The van der Waals surface area contributed by atoms with Crippen molar-refractivity contribution in [3.8, 4) is 0 Å². The number of nitrogens with one attached hydrogen (secondary N) is 1. The summed E-state index contributed by atoms with van der Waals surface area (Å²) in [5, 5.41) is -0.658. The van der Waals surface area contributed by atoms with Crippen LogP contribution in [0.15, 0.2) is 59.8 Å². The average molecular weight is 476 g/mol. The molecule has 0 saturated carbocycles. The quantitative estimate of drug-likeness (QED) is 0.533. The van der Waals surface area contributed by atoms with E-state index in [1.54, 1.807) is 12.1 Å². The molecule has 0 saturated heterocycles. The maximum atomic E-state index is 13.1. The summed E-state index contributed by atoms with van der Waals surface area (Å²) < 4.78 is 66.7. The molecular weight excluding hydrogens is 466 g/mol. The molecule has 0 amide bonds. The number of halogens is 5. The van der Waals surface area contributed by atoms with E-state index in [1.807, 2.05) is 0 Å². The monoisotopic (exact) mass is 475 g/mol. The van der Waals surface area contributed by atoms with E-state index in [0.29, 0.717) is 6.07 Å². The maximum Gasteiger partial charge on any atom is 0.417 e. The van der Waals surface area contributed by atoms with Gasteiger partial charge in [-0.25, -0.2) is 13.4 Å². The summed E-state index contributed by atoms with van der Waals surface area (Å²) in [6.07, 6.45) is -2.38. The lowest BCUT2D eigenvalue weighted by atomic mass is 10.1. The van der Waals surface area contributed by atoms with Gasteiger partial charge in [0.05, 0.1) is 26.2 Å². The Hall–Kier alpha value is -2.69. The molecule has 0 atom stereocenters. The highest BCUT2D eigenvalue weighted by molar-refractivity contribution is 7.92. The molecule has 156 valence electrons. The van der Waals surface area contributed by atoms with Crippen molar-refractivity contribution in [2.24, 2.45) is 0 Å². The molecule has 0 unspecified atom stereocenters. The van der Waals surface area contributed by atoms with E-state index in [9.17, 15) is 26.4 Å². The highest BCUT2D eigenvalue weighted by Crippen LogP contribution is 2.36. The largest absolute Gasteiger partial charge is 0.417 e. The van der Waals surface area contributed by atoms with E-state index in [2.05, 4.69) is 14.7 Å². The van der Waals surface area contributed by atoms with Gasteiger partial charge in [-0.2, -0.15) is 13.2 Å². The molecule has 1 N–H and O–H groups in total. The number of ketones is 1. The van der Waals surface area contributed by atoms with Crippen LogP contribution in [0.4, 0.5) is 18.9 Å². The number of benzene rings is 1. The lowest BCUT2D eigenvalue weighted by Crippen LogP contribution is -2.18. The summed E-state index contributed by atoms with van der Waals surface area (Å²) in [4.78, 5) is 19.7. The van der Waals surface area contributed by atoms with Crippen molar-refractivity contribution in [3.63, 3.8) is 0 Å². The van der Waals surface area contributed by atoms with Crippen LogP contribution in [-0.2, 0) is 16.2 Å². The van der Waals surface area contributed by atoms with Crippen molar-refractivity contribution in [2.45, 2.75) is 11.1 Å². The third kappa shape index (κ3) is 4.72. The SMILES string of the molecule is O=C(c1ccccn1)c1ncc(Cl)cc1NS(=O)(=O)c1ccc(Cl)c(C(F)(F)F)c1. The molecule has 0 bridgehead atoms. The summed E-state index contributed by atoms with van der Waals surface area (Å²) in [6.45, 7) is 0. The fourth-order valence-corrected chi connectivity index (χ4v) is 3.87. The van der Waals surface area contributed by atoms with Gasteiger partial charge in [0, 0.05) is 12.4 Å². The number of alkyl halides is 3. The molecule has 30 heavy (non-hydrogen) atoms. The van der Waals surface area contributed by atoms with Crippen LogP contribution < -0.4 is 4.72 Å². The van der Waals surface area contributed by atoms with Gasteiger partial charge >= 0.3 is 6.18 Å². The fourth-order valence-electron chi connectivity index (χ4n) is 2.41. The number of aromatic nitrogens is 2. The van der Waals surface area contributed by atoms with Crippen molar-refractivity contribution in [3.05, 3.63) is 81.9 Å². The van der Waals surface area contributed by atoms with Gasteiger partial charge in [-0.1, -0.05) is 29.3 Å². The van der Waals surface area contributed by atoms with E-state index in [0.717, 1.165) is 24.4 Å². The number of rotatable bonds is 5. The summed E-state index contributed by atoms with van der Waals surface area (Å²) in [5.74, 6) is -0.711. The zero-order chi connectivity index (χ0) is 22.1. The smallest absolute Gasteiger partial charge is 0.285 e. The van der Waals surface area contributed by atoms with Gasteiger partial charge in [0.25, 0.3) is 10.0 Å². The van der Waals surface area contributed by atoms with Gasteiger partial charge in [-0.15, -0.1) is 0 Å². The number of pyridine rings is 2. The molecule has 2 heterocycles. The first-order valence-electron chi connectivity index (χ1n) is 8.00. The van der Waals surface area contributed by atoms with E-state index in [-0.39, 0.29) is 22.1 Å². The van der Waals surface area contributed by atoms with Crippen molar-refractivity contribution in [1.29, 1.82) is 0 Å². The van der Waals surface area contributed by atoms with Crippen molar-refractivity contribution >= 4 is 44.7 Å². The number of anilines is 1. The number of carbonyl (C=O) groups excluding carboxylic acids is 1. The second kappa shape index (κ2) is 8.21. The van der Waals surface area contributed by atoms with Crippen LogP contribution in [0.1, 0.15) is 21.7 Å². The van der Waals surface area contributed by atoms with Gasteiger partial charge in [0.15, 0.2) is 0 Å². The average Bonchev–Trinajstić information content (AvgIpc) is 2.67. The molecule has 0 aliphatic carbocycles. The lowest BCUT2D eigenvalue weighted by Gasteiger charge is -2.14. The fraction of sp³-hybridized carbons (Fsp3) is 0.0556. The van der Waals surface area contributed by atoms with Gasteiger partial charge < -0.3 is 0 Å². The molecule has 3 rings (SSSR count). The number of hydrogen-bond donors (Lipinski definition) is 1. The van der Waals surface area contributed by atoms with Gasteiger partial charge in [-0.3, -0.25) is 14.5 Å². The number of hydrogen-bond acceptors (Lipinski definition) is 5. The summed E-state index contributed by atoms with van der Waals surface area (Å²) in [6, 6.07) is 7.74. The first-order valence-corrected chi connectivity index (χ1v) is 10.2. The Morgan fingerprint density at radius 2 is 1.77 bits per heavy atom. The van der Waals surface area contributed by atoms with Crippen LogP contribution in [0.3, 0.4) is 0 Å². The van der Waals surface area contributed by atoms with Crippen LogP contribution in [0.5, 0.6) is 0 Å². The van der Waals surface area contributed by atoms with Gasteiger partial charge in [0.1, 0.15) is 11.4 Å². The number of carbonyl (C=O) groups is 1. The molecule has 0 radical (unpaired) electrons. The Morgan fingerprint density at radius 1 is 1.03 bits per heavy atom. The predicted molar refractivity (Wildman–Crippen MR) is 104 cm³/mol. The summed E-state index contributed by atoms with van der Waals surface area (Å²) >= 11 is 11.4. The molecule has 0 aliphatic rings. The molecule has 0 aliphatic heterocycles. The van der Waals surface area contributed by atoms with Crippen LogP contribution in [0, 0.1) is 0 Å². The zero-order valence-corrected chi connectivity index (χ0v) is 16.9. The maximum absolute atomic E-state index is 13.1. The predicted octanol–water partition coefficient (Wildman–Crippen LogP) is 4.83. The minimum Gasteiger partial charge on any atom is -0.285 e. The van der Waals surface area contributed by atoms with Gasteiger partial charge in [0.2, 0.25) is 5.78 Å². The first kappa shape index (κ1) is 22.0. The van der Waals surface area contributed by atoms with Crippen LogP contribution in [0.25, 0.3) is 0 Å². The standard InChI is InChI=1S/C18H10Cl2F3N3O3S/c19-10-7-15(16(25-9-10)17(27)14-3-1-2-6-24-14)26-30(28,29)11-4-5-13(20)12(8-11)18(21,22)23/h1-9,26H. The topological polar surface area (TPSA) is 89.0 Å². The highest BCUT2D eigenvalue weighted by Gasteiger charge is 2.34. The van der Waals surface area contributed by atoms with Crippen LogP contribution in [0.2, 0.25) is 10.0 Å². The molecule has 0 spiro atoms. The molecular formula is C18H10Cl2F3N3O3S. The molecule has 2 aromatic heterocycles. The third-order valence-corrected chi connectivity index (χ3v) is 5.66. The molecule has 12 heteroatoms. The van der Waals surface area contributed by atoms with Crippen molar-refractivity contribution in [2.75, 3.05) is 4.72 Å². The Morgan fingerprint density at radius 3 is 2.40 bits per heavy atom. The second-order valence-corrected chi connectivity index (χ2v) is 8.36. The minimum absolute atomic E-state index is 0.00245. The van der Waals surface area contributed by atoms with Crippen LogP contribution >= 0.6 is 23.2 Å². The Bertz CT molecular complexity index is 1220. The molecule has 1 aromatic carbocycles. The normalized spacial score (nSPS) is 11.9. The van der Waals surface area contributed by atoms with Gasteiger partial charge in [-0.05, 0) is 36.4 Å². The van der Waals surface area contributed by atoms with Crippen molar-refractivity contribution in [1.82, 2.24) is 9.97 Å². The Labute approximate surface area is 178 Å². The van der Waals surface area contributed by atoms with E-state index >= 15 is 0 Å². The lowest BCUT2D eigenvalue weighted by molar-refractivity contribution is -0.137. The number of sulfonamides is 1. The molecule has 0 fully saturated rings.